The summed E-state index contributed by atoms with van der Waals surface area (Å²) in [4.78, 5) is 11.1. The van der Waals surface area contributed by atoms with Crippen LogP contribution in [0.3, 0.4) is 0 Å². The minimum absolute atomic E-state index is 0.180. The van der Waals surface area contributed by atoms with Gasteiger partial charge in [0.2, 0.25) is 0 Å². The van der Waals surface area contributed by atoms with Crippen molar-refractivity contribution in [3.63, 3.8) is 0 Å². The standard InChI is InChI=1S/C26H42O4/c1-5-17-21-14-16(27)10-12-26(21,4)20-11-13-25(3)18(15(2)6-9-22(28)29)7-8-19(25)23(20)24(17)30/h5,15-16,18-21,23-24,27,30H,6-14H2,1-4H3,(H,28,29)/t15-,16-,18-,19+,20+,21+,23+,24-,25-,26-/m1/s1. The van der Waals surface area contributed by atoms with Gasteiger partial charge >= 0.3 is 5.97 Å². The topological polar surface area (TPSA) is 77.8 Å². The first kappa shape index (κ1) is 22.3. The fourth-order valence-electron chi connectivity index (χ4n) is 9.00. The smallest absolute Gasteiger partial charge is 0.303 e. The van der Waals surface area contributed by atoms with Crippen LogP contribution < -0.4 is 0 Å². The molecule has 4 fully saturated rings. The zero-order chi connectivity index (χ0) is 21.8. The van der Waals surface area contributed by atoms with Crippen molar-refractivity contribution in [3.8, 4) is 0 Å². The Kier molecular flexibility index (Phi) is 5.89. The third kappa shape index (κ3) is 3.28. The van der Waals surface area contributed by atoms with Gasteiger partial charge in [0.15, 0.2) is 0 Å². The predicted octanol–water partition coefficient (Wildman–Crippen LogP) is 5.03. The Morgan fingerprint density at radius 3 is 2.43 bits per heavy atom. The summed E-state index contributed by atoms with van der Waals surface area (Å²) >= 11 is 0. The van der Waals surface area contributed by atoms with Gasteiger partial charge < -0.3 is 15.3 Å². The number of hydrogen-bond donors (Lipinski definition) is 3. The van der Waals surface area contributed by atoms with E-state index in [1.807, 2.05) is 0 Å². The molecular formula is C26H42O4. The average molecular weight is 419 g/mol. The van der Waals surface area contributed by atoms with Crippen molar-refractivity contribution in [1.82, 2.24) is 0 Å². The van der Waals surface area contributed by atoms with Gasteiger partial charge in [-0.1, -0.05) is 26.8 Å². The highest BCUT2D eigenvalue weighted by atomic mass is 16.4. The summed E-state index contributed by atoms with van der Waals surface area (Å²) in [6.45, 7) is 9.21. The molecule has 0 unspecified atom stereocenters. The molecule has 0 bridgehead atoms. The van der Waals surface area contributed by atoms with Crippen molar-refractivity contribution in [2.24, 2.45) is 46.3 Å². The Hall–Kier alpha value is -0.870. The van der Waals surface area contributed by atoms with Crippen LogP contribution in [-0.2, 0) is 4.79 Å². The van der Waals surface area contributed by atoms with Gasteiger partial charge in [0.1, 0.15) is 0 Å². The molecule has 30 heavy (non-hydrogen) atoms. The molecule has 0 spiro atoms. The zero-order valence-corrected chi connectivity index (χ0v) is 19.3. The lowest BCUT2D eigenvalue weighted by molar-refractivity contribution is -0.147. The van der Waals surface area contributed by atoms with E-state index in [1.54, 1.807) is 0 Å². The molecule has 0 heterocycles. The monoisotopic (exact) mass is 418 g/mol. The van der Waals surface area contributed by atoms with Gasteiger partial charge in [-0.3, -0.25) is 4.79 Å². The molecule has 0 amide bonds. The van der Waals surface area contributed by atoms with Gasteiger partial charge in [-0.05, 0) is 110 Å². The van der Waals surface area contributed by atoms with Crippen molar-refractivity contribution >= 4 is 5.97 Å². The van der Waals surface area contributed by atoms with Crippen molar-refractivity contribution in [3.05, 3.63) is 11.6 Å². The maximum atomic E-state index is 11.6. The summed E-state index contributed by atoms with van der Waals surface area (Å²) in [7, 11) is 0. The Labute approximate surface area is 182 Å². The SMILES string of the molecule is CC=C1[C@@H](O)[C@@H]2[C@H](CC[C@]3(C)[C@@H]([C@H](C)CCC(=O)O)CC[C@@H]23)[C@@]2(C)CC[C@@H](O)C[C@@H]12. The van der Waals surface area contributed by atoms with Crippen molar-refractivity contribution < 1.29 is 20.1 Å². The largest absolute Gasteiger partial charge is 0.481 e. The molecule has 0 aromatic rings. The Balaban J connectivity index is 1.63. The van der Waals surface area contributed by atoms with E-state index in [-0.39, 0.29) is 29.5 Å². The molecule has 0 aromatic heterocycles. The van der Waals surface area contributed by atoms with Crippen LogP contribution in [-0.4, -0.2) is 33.5 Å². The number of aliphatic carboxylic acids is 1. The fraction of sp³-hybridized carbons (Fsp3) is 0.885. The predicted molar refractivity (Wildman–Crippen MR) is 118 cm³/mol. The lowest BCUT2D eigenvalue weighted by Gasteiger charge is -2.63. The first-order valence-corrected chi connectivity index (χ1v) is 12.4. The number of fused-ring (bicyclic) bond motifs is 5. The molecule has 4 aliphatic rings. The van der Waals surface area contributed by atoms with Crippen LogP contribution in [0, 0.1) is 46.3 Å². The quantitative estimate of drug-likeness (QED) is 0.559. The van der Waals surface area contributed by atoms with E-state index in [0.717, 1.165) is 38.5 Å². The van der Waals surface area contributed by atoms with E-state index >= 15 is 0 Å². The number of carbonyl (C=O) groups is 1. The van der Waals surface area contributed by atoms with E-state index < -0.39 is 5.97 Å². The van der Waals surface area contributed by atoms with Crippen LogP contribution >= 0.6 is 0 Å². The van der Waals surface area contributed by atoms with Crippen LogP contribution in [0.15, 0.2) is 11.6 Å². The lowest BCUT2D eigenvalue weighted by Crippen LogP contribution is -2.59. The summed E-state index contributed by atoms with van der Waals surface area (Å²) in [6, 6.07) is 0. The van der Waals surface area contributed by atoms with Crippen LogP contribution in [0.25, 0.3) is 0 Å². The third-order valence-corrected chi connectivity index (χ3v) is 10.5. The Morgan fingerprint density at radius 1 is 1.10 bits per heavy atom. The number of carboxylic acid groups (broad SMARTS) is 1. The molecule has 4 heteroatoms. The van der Waals surface area contributed by atoms with Crippen LogP contribution in [0.1, 0.15) is 85.5 Å². The minimum atomic E-state index is -0.691. The van der Waals surface area contributed by atoms with Gasteiger partial charge in [-0.2, -0.15) is 0 Å². The highest BCUT2D eigenvalue weighted by Crippen LogP contribution is 2.69. The fourth-order valence-corrected chi connectivity index (χ4v) is 9.00. The normalized spacial score (nSPS) is 50.5. The second-order valence-corrected chi connectivity index (χ2v) is 11.6. The second kappa shape index (κ2) is 7.92. The molecule has 0 radical (unpaired) electrons. The average Bonchev–Trinajstić information content (AvgIpc) is 3.05. The van der Waals surface area contributed by atoms with Crippen molar-refractivity contribution in [2.75, 3.05) is 0 Å². The Morgan fingerprint density at radius 2 is 1.77 bits per heavy atom. The van der Waals surface area contributed by atoms with Crippen molar-refractivity contribution in [2.45, 2.75) is 97.7 Å². The second-order valence-electron chi connectivity index (χ2n) is 11.6. The molecule has 0 aromatic carbocycles. The van der Waals surface area contributed by atoms with E-state index in [1.165, 1.54) is 18.4 Å². The Bertz CT molecular complexity index is 701. The molecule has 170 valence electrons. The third-order valence-electron chi connectivity index (χ3n) is 10.5. The molecule has 0 saturated heterocycles. The van der Waals surface area contributed by atoms with Crippen molar-refractivity contribution in [1.29, 1.82) is 0 Å². The summed E-state index contributed by atoms with van der Waals surface area (Å²) in [5, 5.41) is 31.2. The van der Waals surface area contributed by atoms with Gasteiger partial charge in [-0.15, -0.1) is 0 Å². The van der Waals surface area contributed by atoms with E-state index in [4.69, 9.17) is 5.11 Å². The number of carboxylic acids is 1. The zero-order valence-electron chi connectivity index (χ0n) is 19.3. The molecule has 4 rings (SSSR count). The maximum absolute atomic E-state index is 11.6. The van der Waals surface area contributed by atoms with Gasteiger partial charge in [0.05, 0.1) is 12.2 Å². The number of hydrogen-bond acceptors (Lipinski definition) is 3. The first-order valence-electron chi connectivity index (χ1n) is 12.4. The molecule has 4 saturated carbocycles. The molecule has 0 aliphatic heterocycles. The van der Waals surface area contributed by atoms with Gasteiger partial charge in [0.25, 0.3) is 0 Å². The summed E-state index contributed by atoms with van der Waals surface area (Å²) in [5.41, 5.74) is 1.57. The maximum Gasteiger partial charge on any atom is 0.303 e. The number of allylic oxidation sites excluding steroid dienone is 1. The first-order chi connectivity index (χ1) is 14.1. The van der Waals surface area contributed by atoms with Crippen LogP contribution in [0.4, 0.5) is 0 Å². The molecule has 4 nitrogen and oxygen atoms in total. The number of aliphatic hydroxyl groups excluding tert-OH is 2. The van der Waals surface area contributed by atoms with E-state index in [9.17, 15) is 15.0 Å². The lowest BCUT2D eigenvalue weighted by atomic mass is 9.42. The molecule has 3 N–H and O–H groups in total. The summed E-state index contributed by atoms with van der Waals surface area (Å²) in [5.74, 6) is 1.94. The van der Waals surface area contributed by atoms with Gasteiger partial charge in [0, 0.05) is 6.42 Å². The highest BCUT2D eigenvalue weighted by molar-refractivity contribution is 5.66. The molecule has 10 atom stereocenters. The summed E-state index contributed by atoms with van der Waals surface area (Å²) < 4.78 is 0. The minimum Gasteiger partial charge on any atom is -0.481 e. The highest BCUT2D eigenvalue weighted by Gasteiger charge is 2.63. The molecular weight excluding hydrogens is 376 g/mol. The van der Waals surface area contributed by atoms with Crippen LogP contribution in [0.5, 0.6) is 0 Å². The van der Waals surface area contributed by atoms with E-state index in [0.29, 0.717) is 35.5 Å². The molecule has 4 aliphatic carbocycles. The summed E-state index contributed by atoms with van der Waals surface area (Å²) in [6.07, 6.45) is 9.99. The van der Waals surface area contributed by atoms with E-state index in [2.05, 4.69) is 33.8 Å². The number of aliphatic hydroxyl groups is 2. The van der Waals surface area contributed by atoms with Gasteiger partial charge in [-0.25, -0.2) is 0 Å². The van der Waals surface area contributed by atoms with Crippen LogP contribution in [0.2, 0.25) is 0 Å². The number of rotatable bonds is 4.